The molecule has 0 saturated carbocycles. The number of hydrogen-bond donors (Lipinski definition) is 1. The summed E-state index contributed by atoms with van der Waals surface area (Å²) in [6, 6.07) is 10.3. The fraction of sp³-hybridized carbons (Fsp3) is 0.261. The summed E-state index contributed by atoms with van der Waals surface area (Å²) >= 11 is 3.55. The van der Waals surface area contributed by atoms with Gasteiger partial charge in [0.15, 0.2) is 16.7 Å². The average Bonchev–Trinajstić information content (AvgIpc) is 3.07. The van der Waals surface area contributed by atoms with E-state index in [-0.39, 0.29) is 18.1 Å². The van der Waals surface area contributed by atoms with E-state index in [1.54, 1.807) is 36.3 Å². The number of halogens is 1. The Morgan fingerprint density at radius 3 is 2.56 bits per heavy atom. The summed E-state index contributed by atoms with van der Waals surface area (Å²) in [6.45, 7) is 5.34. The van der Waals surface area contributed by atoms with Crippen molar-refractivity contribution in [2.45, 2.75) is 20.5 Å². The molecule has 1 heterocycles. The number of thioether (sulfide) groups is 1. The molecule has 1 aliphatic rings. The van der Waals surface area contributed by atoms with Gasteiger partial charge in [0.25, 0.3) is 5.91 Å². The number of carbonyl (C=O) groups excluding carboxylic acids is 1. The molecule has 0 aromatic heterocycles. The smallest absolute Gasteiger partial charge is 0.335 e. The molecular weight excluding hydrogens is 543 g/mol. The SMILES string of the molecule is CCN=C1S/C(=C\c2cc(I)c(OCc3ccc(C(=O)O)cc3)c(OC)c2)C(=O)N1CC. The van der Waals surface area contributed by atoms with Crippen LogP contribution in [0.5, 0.6) is 11.5 Å². The average molecular weight is 566 g/mol. The quantitative estimate of drug-likeness (QED) is 0.362. The van der Waals surface area contributed by atoms with Crippen molar-refractivity contribution in [2.75, 3.05) is 20.2 Å². The van der Waals surface area contributed by atoms with Gasteiger partial charge in [-0.05, 0) is 89.7 Å². The van der Waals surface area contributed by atoms with Crippen LogP contribution >= 0.6 is 34.4 Å². The lowest BCUT2D eigenvalue weighted by atomic mass is 10.1. The molecule has 2 aromatic rings. The number of rotatable bonds is 8. The van der Waals surface area contributed by atoms with E-state index < -0.39 is 5.97 Å². The Bertz CT molecular complexity index is 1080. The van der Waals surface area contributed by atoms with E-state index in [4.69, 9.17) is 14.6 Å². The van der Waals surface area contributed by atoms with Crippen LogP contribution in [0.25, 0.3) is 6.08 Å². The second-order valence-electron chi connectivity index (χ2n) is 6.74. The standard InChI is InChI=1S/C23H23IN2O5S/c1-4-25-23-26(5-2)21(27)19(32-23)12-15-10-17(24)20(18(11-15)30-3)31-13-14-6-8-16(9-7-14)22(28)29/h6-12H,4-5,13H2,1-3H3,(H,28,29)/b19-12-,25-23?. The highest BCUT2D eigenvalue weighted by Gasteiger charge is 2.31. The fourth-order valence-electron chi connectivity index (χ4n) is 3.05. The van der Waals surface area contributed by atoms with Crippen molar-refractivity contribution >= 4 is 57.5 Å². The van der Waals surface area contributed by atoms with Gasteiger partial charge in [-0.25, -0.2) is 4.79 Å². The molecule has 0 bridgehead atoms. The first kappa shape index (κ1) is 24.1. The summed E-state index contributed by atoms with van der Waals surface area (Å²) in [5.74, 6) is 0.124. The molecular formula is C23H23IN2O5S. The molecule has 3 rings (SSSR count). The Morgan fingerprint density at radius 1 is 1.25 bits per heavy atom. The van der Waals surface area contributed by atoms with Gasteiger partial charge in [0.2, 0.25) is 0 Å². The zero-order valence-corrected chi connectivity index (χ0v) is 20.9. The first-order valence-corrected chi connectivity index (χ1v) is 11.9. The molecule has 1 saturated heterocycles. The molecule has 1 aliphatic heterocycles. The molecule has 0 atom stereocenters. The third-order valence-corrected chi connectivity index (χ3v) is 6.48. The van der Waals surface area contributed by atoms with Gasteiger partial charge >= 0.3 is 5.97 Å². The zero-order chi connectivity index (χ0) is 23.3. The lowest BCUT2D eigenvalue weighted by Gasteiger charge is -2.14. The van der Waals surface area contributed by atoms with Crippen molar-refractivity contribution < 1.29 is 24.2 Å². The van der Waals surface area contributed by atoms with E-state index >= 15 is 0 Å². The van der Waals surface area contributed by atoms with Gasteiger partial charge < -0.3 is 14.6 Å². The van der Waals surface area contributed by atoms with Gasteiger partial charge in [0.05, 0.1) is 21.1 Å². The van der Waals surface area contributed by atoms with E-state index in [1.807, 2.05) is 32.1 Å². The van der Waals surface area contributed by atoms with Gasteiger partial charge in [-0.3, -0.25) is 14.7 Å². The van der Waals surface area contributed by atoms with Crippen LogP contribution in [0.1, 0.15) is 35.3 Å². The van der Waals surface area contributed by atoms with Crippen molar-refractivity contribution in [1.29, 1.82) is 0 Å². The predicted octanol–water partition coefficient (Wildman–Crippen LogP) is 4.89. The van der Waals surface area contributed by atoms with Crippen molar-refractivity contribution in [2.24, 2.45) is 4.99 Å². The number of amides is 1. The van der Waals surface area contributed by atoms with Crippen LogP contribution in [0.15, 0.2) is 46.3 Å². The van der Waals surface area contributed by atoms with E-state index in [0.29, 0.717) is 29.5 Å². The van der Waals surface area contributed by atoms with Crippen LogP contribution in [-0.4, -0.2) is 47.2 Å². The van der Waals surface area contributed by atoms with Crippen LogP contribution < -0.4 is 9.47 Å². The number of hydrogen-bond acceptors (Lipinski definition) is 6. The second kappa shape index (κ2) is 10.9. The van der Waals surface area contributed by atoms with Crippen LogP contribution in [0.4, 0.5) is 0 Å². The highest BCUT2D eigenvalue weighted by atomic mass is 127. The Balaban J connectivity index is 1.82. The molecule has 9 heteroatoms. The summed E-state index contributed by atoms with van der Waals surface area (Å²) in [4.78, 5) is 30.4. The fourth-order valence-corrected chi connectivity index (χ4v) is 4.94. The summed E-state index contributed by atoms with van der Waals surface area (Å²) < 4.78 is 12.3. The van der Waals surface area contributed by atoms with Gasteiger partial charge in [-0.1, -0.05) is 12.1 Å². The minimum atomic E-state index is -0.965. The molecule has 1 amide bonds. The number of amidine groups is 1. The third-order valence-electron chi connectivity index (χ3n) is 4.63. The Kier molecular flexibility index (Phi) is 8.19. The number of carboxylic acids is 1. The summed E-state index contributed by atoms with van der Waals surface area (Å²) in [6.07, 6.45) is 1.84. The first-order valence-electron chi connectivity index (χ1n) is 9.96. The molecule has 2 aromatic carbocycles. The highest BCUT2D eigenvalue weighted by Crippen LogP contribution is 2.37. The molecule has 1 N–H and O–H groups in total. The van der Waals surface area contributed by atoms with E-state index in [2.05, 4.69) is 27.6 Å². The number of benzene rings is 2. The van der Waals surface area contributed by atoms with Crippen molar-refractivity contribution in [3.05, 3.63) is 61.6 Å². The predicted molar refractivity (Wildman–Crippen MR) is 134 cm³/mol. The van der Waals surface area contributed by atoms with Crippen molar-refractivity contribution in [3.8, 4) is 11.5 Å². The molecule has 168 valence electrons. The molecule has 0 aliphatic carbocycles. The van der Waals surface area contributed by atoms with Gasteiger partial charge in [0, 0.05) is 13.1 Å². The van der Waals surface area contributed by atoms with Crippen molar-refractivity contribution in [3.63, 3.8) is 0 Å². The maximum atomic E-state index is 12.7. The zero-order valence-electron chi connectivity index (χ0n) is 17.9. The molecule has 0 radical (unpaired) electrons. The number of aromatic carboxylic acids is 1. The van der Waals surface area contributed by atoms with Gasteiger partial charge in [0.1, 0.15) is 6.61 Å². The van der Waals surface area contributed by atoms with Crippen LogP contribution in [0, 0.1) is 3.57 Å². The number of methoxy groups -OCH3 is 1. The van der Waals surface area contributed by atoms with Crippen LogP contribution in [-0.2, 0) is 11.4 Å². The van der Waals surface area contributed by atoms with Gasteiger partial charge in [-0.2, -0.15) is 0 Å². The van der Waals surface area contributed by atoms with Crippen LogP contribution in [0.2, 0.25) is 0 Å². The Morgan fingerprint density at radius 2 is 1.97 bits per heavy atom. The summed E-state index contributed by atoms with van der Waals surface area (Å²) in [5.41, 5.74) is 1.90. The summed E-state index contributed by atoms with van der Waals surface area (Å²) in [7, 11) is 1.57. The number of ether oxygens (including phenoxy) is 2. The number of carboxylic acid groups (broad SMARTS) is 1. The first-order chi connectivity index (χ1) is 15.4. The minimum Gasteiger partial charge on any atom is -0.493 e. The number of nitrogens with zero attached hydrogens (tertiary/aromatic N) is 2. The maximum absolute atomic E-state index is 12.7. The maximum Gasteiger partial charge on any atom is 0.335 e. The Hall–Kier alpha value is -2.53. The minimum absolute atomic E-state index is 0.0520. The third kappa shape index (κ3) is 5.44. The second-order valence-corrected chi connectivity index (χ2v) is 8.91. The topological polar surface area (TPSA) is 88.4 Å². The molecule has 7 nitrogen and oxygen atoms in total. The van der Waals surface area contributed by atoms with Crippen molar-refractivity contribution in [1.82, 2.24) is 4.90 Å². The normalized spacial score (nSPS) is 16.1. The number of carbonyl (C=O) groups is 2. The molecule has 0 spiro atoms. The molecule has 0 unspecified atom stereocenters. The highest BCUT2D eigenvalue weighted by molar-refractivity contribution is 14.1. The number of likely N-dealkylation sites (N-methyl/N-ethyl adjacent to an activating group) is 1. The number of aliphatic imine (C=N–C) groups is 1. The van der Waals surface area contributed by atoms with E-state index in [0.717, 1.165) is 19.9 Å². The Labute approximate surface area is 204 Å². The van der Waals surface area contributed by atoms with Crippen LogP contribution in [0.3, 0.4) is 0 Å². The molecule has 1 fully saturated rings. The lowest BCUT2D eigenvalue weighted by molar-refractivity contribution is -0.122. The summed E-state index contributed by atoms with van der Waals surface area (Å²) in [5, 5.41) is 9.74. The van der Waals surface area contributed by atoms with E-state index in [9.17, 15) is 9.59 Å². The largest absolute Gasteiger partial charge is 0.493 e. The van der Waals surface area contributed by atoms with E-state index in [1.165, 1.54) is 11.8 Å². The van der Waals surface area contributed by atoms with Gasteiger partial charge in [-0.15, -0.1) is 0 Å². The molecule has 32 heavy (non-hydrogen) atoms. The lowest BCUT2D eigenvalue weighted by Crippen LogP contribution is -2.28. The monoisotopic (exact) mass is 566 g/mol.